The number of carbonyl (C=O) groups excluding carboxylic acids is 2. The van der Waals surface area contributed by atoms with Crippen molar-refractivity contribution in [3.63, 3.8) is 0 Å². The lowest BCUT2D eigenvalue weighted by Crippen LogP contribution is -2.65. The summed E-state index contributed by atoms with van der Waals surface area (Å²) in [5, 5.41) is 0.0416. The molecule has 2 amide bonds. The zero-order valence-corrected chi connectivity index (χ0v) is 15.7. The number of hydrogen-bond acceptors (Lipinski definition) is 5. The van der Waals surface area contributed by atoms with E-state index in [-0.39, 0.29) is 17.3 Å². The lowest BCUT2D eigenvalue weighted by molar-refractivity contribution is -0.138. The highest BCUT2D eigenvalue weighted by molar-refractivity contribution is 7.99. The molecule has 132 valence electrons. The van der Waals surface area contributed by atoms with Gasteiger partial charge < -0.3 is 14.5 Å². The number of hydrogen-bond donors (Lipinski definition) is 0. The van der Waals surface area contributed by atoms with E-state index in [1.54, 1.807) is 16.7 Å². The van der Waals surface area contributed by atoms with Crippen molar-refractivity contribution < 1.29 is 14.3 Å². The van der Waals surface area contributed by atoms with Gasteiger partial charge in [0.25, 0.3) is 0 Å². The third-order valence-corrected chi connectivity index (χ3v) is 5.27. The monoisotopic (exact) mass is 343 g/mol. The molecule has 0 bridgehead atoms. The van der Waals surface area contributed by atoms with E-state index in [1.165, 1.54) is 0 Å². The molecule has 0 aromatic carbocycles. The summed E-state index contributed by atoms with van der Waals surface area (Å²) in [7, 11) is 0. The lowest BCUT2D eigenvalue weighted by Gasteiger charge is -2.48. The van der Waals surface area contributed by atoms with E-state index in [4.69, 9.17) is 4.74 Å². The van der Waals surface area contributed by atoms with Gasteiger partial charge in [-0.15, -0.1) is 0 Å². The summed E-state index contributed by atoms with van der Waals surface area (Å²) in [6.45, 7) is 12.3. The summed E-state index contributed by atoms with van der Waals surface area (Å²) >= 11 is 1.59. The zero-order valence-electron chi connectivity index (χ0n) is 14.9. The van der Waals surface area contributed by atoms with Crippen molar-refractivity contribution in [1.29, 1.82) is 0 Å². The number of nitrogens with zero attached hydrogens (tertiary/aromatic N) is 3. The van der Waals surface area contributed by atoms with Crippen LogP contribution in [0.4, 0.5) is 4.79 Å². The van der Waals surface area contributed by atoms with Crippen LogP contribution in [0.3, 0.4) is 0 Å². The van der Waals surface area contributed by atoms with Crippen molar-refractivity contribution >= 4 is 23.8 Å². The molecule has 1 atom stereocenters. The number of carbonyl (C=O) groups is 2. The van der Waals surface area contributed by atoms with Gasteiger partial charge in [-0.3, -0.25) is 9.69 Å². The van der Waals surface area contributed by atoms with Crippen LogP contribution in [0.5, 0.6) is 0 Å². The molecule has 0 aromatic heterocycles. The number of thioether (sulfide) groups is 1. The first-order valence-electron chi connectivity index (χ1n) is 8.25. The molecular weight excluding hydrogens is 314 g/mol. The van der Waals surface area contributed by atoms with Crippen molar-refractivity contribution in [2.24, 2.45) is 0 Å². The predicted molar refractivity (Wildman–Crippen MR) is 92.7 cm³/mol. The average Bonchev–Trinajstić information content (AvgIpc) is 2.43. The highest BCUT2D eigenvalue weighted by Gasteiger charge is 2.38. The van der Waals surface area contributed by atoms with Crippen molar-refractivity contribution in [3.8, 4) is 0 Å². The molecule has 0 spiro atoms. The summed E-state index contributed by atoms with van der Waals surface area (Å²) < 4.78 is 5.41. The van der Waals surface area contributed by atoms with Crippen LogP contribution in [0.25, 0.3) is 0 Å². The van der Waals surface area contributed by atoms with Crippen molar-refractivity contribution in [2.75, 3.05) is 45.5 Å². The fraction of sp³-hybridized carbons (Fsp3) is 0.875. The summed E-state index contributed by atoms with van der Waals surface area (Å²) in [5.41, 5.74) is -0.447. The molecule has 0 aliphatic carbocycles. The third-order valence-electron chi connectivity index (χ3n) is 4.36. The Kier molecular flexibility index (Phi) is 5.84. The smallest absolute Gasteiger partial charge is 0.410 e. The molecular formula is C16H29N3O3S. The Balaban J connectivity index is 1.72. The molecule has 2 aliphatic rings. The van der Waals surface area contributed by atoms with Crippen LogP contribution in [-0.2, 0) is 9.53 Å². The summed E-state index contributed by atoms with van der Waals surface area (Å²) in [4.78, 5) is 30.2. The highest BCUT2D eigenvalue weighted by atomic mass is 32.2. The minimum absolute atomic E-state index is 0.0416. The molecule has 2 rings (SSSR count). The Morgan fingerprint density at radius 3 is 2.13 bits per heavy atom. The minimum atomic E-state index is -0.447. The highest BCUT2D eigenvalue weighted by Crippen LogP contribution is 2.21. The number of likely N-dealkylation sites (tertiary alicyclic amines) is 1. The van der Waals surface area contributed by atoms with Gasteiger partial charge in [0.2, 0.25) is 5.91 Å². The molecule has 0 aromatic rings. The van der Waals surface area contributed by atoms with E-state index in [0.717, 1.165) is 26.2 Å². The Hall–Kier alpha value is -0.950. The standard InChI is InChI=1S/C16H29N3O3S/c1-12(23-5)14(20)19-10-13(11-19)17-6-8-18(9-7-17)15(21)22-16(2,3)4/h12-13H,6-11H2,1-5H3. The quantitative estimate of drug-likeness (QED) is 0.777. The molecule has 0 N–H and O–H groups in total. The molecule has 2 heterocycles. The Labute approximate surface area is 143 Å². The second kappa shape index (κ2) is 7.30. The van der Waals surface area contributed by atoms with E-state index in [1.807, 2.05) is 38.9 Å². The largest absolute Gasteiger partial charge is 0.444 e. The molecule has 2 saturated heterocycles. The Bertz CT molecular complexity index is 438. The third kappa shape index (κ3) is 4.76. The van der Waals surface area contributed by atoms with Gasteiger partial charge in [0, 0.05) is 45.3 Å². The second-order valence-corrected chi connectivity index (χ2v) is 8.46. The summed E-state index contributed by atoms with van der Waals surface area (Å²) in [6.07, 6.45) is 1.74. The van der Waals surface area contributed by atoms with Gasteiger partial charge in [-0.05, 0) is 34.0 Å². The van der Waals surface area contributed by atoms with E-state index < -0.39 is 5.60 Å². The number of piperazine rings is 1. The van der Waals surface area contributed by atoms with Crippen LogP contribution in [0, 0.1) is 0 Å². The van der Waals surface area contributed by atoms with E-state index >= 15 is 0 Å². The Morgan fingerprint density at radius 2 is 1.65 bits per heavy atom. The van der Waals surface area contributed by atoms with Gasteiger partial charge >= 0.3 is 6.09 Å². The number of ether oxygens (including phenoxy) is 1. The fourth-order valence-electron chi connectivity index (χ4n) is 2.82. The SMILES string of the molecule is CSC(C)C(=O)N1CC(N2CCN(C(=O)OC(C)(C)C)CC2)C1. The second-order valence-electron chi connectivity index (χ2n) is 7.28. The molecule has 0 saturated carbocycles. The first-order valence-corrected chi connectivity index (χ1v) is 9.53. The van der Waals surface area contributed by atoms with Crippen LogP contribution in [0.15, 0.2) is 0 Å². The van der Waals surface area contributed by atoms with Gasteiger partial charge in [0.05, 0.1) is 5.25 Å². The van der Waals surface area contributed by atoms with Gasteiger partial charge in [-0.1, -0.05) is 0 Å². The topological polar surface area (TPSA) is 53.1 Å². The van der Waals surface area contributed by atoms with Crippen LogP contribution in [-0.4, -0.2) is 89.1 Å². The van der Waals surface area contributed by atoms with Gasteiger partial charge in [0.15, 0.2) is 0 Å². The fourth-order valence-corrected chi connectivity index (χ4v) is 3.17. The van der Waals surface area contributed by atoms with Gasteiger partial charge in [-0.2, -0.15) is 11.8 Å². The normalized spacial score (nSPS) is 21.8. The molecule has 2 aliphatic heterocycles. The lowest BCUT2D eigenvalue weighted by atomic mass is 10.1. The van der Waals surface area contributed by atoms with Crippen LogP contribution >= 0.6 is 11.8 Å². The van der Waals surface area contributed by atoms with Crippen LogP contribution in [0.1, 0.15) is 27.7 Å². The van der Waals surface area contributed by atoms with Crippen LogP contribution < -0.4 is 0 Å². The van der Waals surface area contributed by atoms with Crippen molar-refractivity contribution in [1.82, 2.24) is 14.7 Å². The first kappa shape index (κ1) is 18.4. The average molecular weight is 343 g/mol. The minimum Gasteiger partial charge on any atom is -0.444 e. The predicted octanol–water partition coefficient (Wildman–Crippen LogP) is 1.50. The van der Waals surface area contributed by atoms with Crippen molar-refractivity contribution in [3.05, 3.63) is 0 Å². The van der Waals surface area contributed by atoms with Gasteiger partial charge in [0.1, 0.15) is 5.60 Å². The maximum absolute atomic E-state index is 12.1. The number of amides is 2. The Morgan fingerprint density at radius 1 is 1.09 bits per heavy atom. The van der Waals surface area contributed by atoms with E-state index in [2.05, 4.69) is 4.90 Å². The summed E-state index contributed by atoms with van der Waals surface area (Å²) in [6, 6.07) is 0.439. The zero-order chi connectivity index (χ0) is 17.2. The molecule has 7 heteroatoms. The van der Waals surface area contributed by atoms with Crippen LogP contribution in [0.2, 0.25) is 0 Å². The van der Waals surface area contributed by atoms with Crippen molar-refractivity contribution in [2.45, 2.75) is 44.6 Å². The van der Waals surface area contributed by atoms with Gasteiger partial charge in [-0.25, -0.2) is 4.79 Å². The molecule has 2 fully saturated rings. The van der Waals surface area contributed by atoms with E-state index in [9.17, 15) is 9.59 Å². The maximum atomic E-state index is 12.1. The molecule has 1 unspecified atom stereocenters. The molecule has 23 heavy (non-hydrogen) atoms. The first-order chi connectivity index (χ1) is 10.7. The van der Waals surface area contributed by atoms with E-state index in [0.29, 0.717) is 19.1 Å². The maximum Gasteiger partial charge on any atom is 0.410 e. The molecule has 6 nitrogen and oxygen atoms in total. The molecule has 0 radical (unpaired) electrons. The summed E-state index contributed by atoms with van der Waals surface area (Å²) in [5.74, 6) is 0.237. The number of rotatable bonds is 3.